The Bertz CT molecular complexity index is 92.9. The van der Waals surface area contributed by atoms with E-state index in [1.165, 1.54) is 32.5 Å². The van der Waals surface area contributed by atoms with Crippen LogP contribution in [0.4, 0.5) is 0 Å². The van der Waals surface area contributed by atoms with E-state index >= 15 is 0 Å². The molecule has 0 spiro atoms. The van der Waals surface area contributed by atoms with Crippen molar-refractivity contribution in [3.8, 4) is 0 Å². The molecule has 1 rings (SSSR count). The van der Waals surface area contributed by atoms with Gasteiger partial charge in [-0.3, -0.25) is 0 Å². The molecule has 1 saturated heterocycles. The topological polar surface area (TPSA) is 3.24 Å². The van der Waals surface area contributed by atoms with Gasteiger partial charge >= 0.3 is 0 Å². The Balaban J connectivity index is 1.96. The van der Waals surface area contributed by atoms with Crippen LogP contribution in [0.3, 0.4) is 0 Å². The second kappa shape index (κ2) is 4.51. The summed E-state index contributed by atoms with van der Waals surface area (Å²) < 4.78 is 0. The third kappa shape index (κ3) is 2.53. The van der Waals surface area contributed by atoms with Gasteiger partial charge < -0.3 is 4.90 Å². The highest BCUT2D eigenvalue weighted by Gasteiger charge is 2.09. The Morgan fingerprint density at radius 3 is 3.10 bits per heavy atom. The van der Waals surface area contributed by atoms with Crippen molar-refractivity contribution >= 4 is 0 Å². The lowest BCUT2D eigenvalue weighted by molar-refractivity contribution is 0.340. The maximum atomic E-state index is 3.70. The van der Waals surface area contributed by atoms with E-state index < -0.39 is 0 Å². The Kier molecular flexibility index (Phi) is 3.52. The zero-order valence-corrected chi connectivity index (χ0v) is 6.55. The maximum absolute atomic E-state index is 3.70. The molecular weight excluding hydrogens is 122 g/mol. The predicted molar refractivity (Wildman–Crippen MR) is 44.8 cm³/mol. The molecule has 0 N–H and O–H groups in total. The Morgan fingerprint density at radius 2 is 2.50 bits per heavy atom. The molecule has 1 aliphatic rings. The normalized spacial score (nSPS) is 19.6. The first kappa shape index (κ1) is 7.80. The van der Waals surface area contributed by atoms with E-state index in [4.69, 9.17) is 0 Å². The van der Waals surface area contributed by atoms with Crippen LogP contribution < -0.4 is 0 Å². The highest BCUT2D eigenvalue weighted by atomic mass is 15.1. The average Bonchev–Trinajstić information content (AvgIpc) is 2.41. The van der Waals surface area contributed by atoms with Crippen LogP contribution >= 0.6 is 0 Å². The van der Waals surface area contributed by atoms with Gasteiger partial charge in [-0.05, 0) is 38.8 Å². The van der Waals surface area contributed by atoms with Crippen molar-refractivity contribution < 1.29 is 0 Å². The first-order valence-corrected chi connectivity index (χ1v) is 4.08. The lowest BCUT2D eigenvalue weighted by Crippen LogP contribution is -2.20. The summed E-state index contributed by atoms with van der Waals surface area (Å²) in [6, 6.07) is 0. The van der Waals surface area contributed by atoms with Crippen LogP contribution in [0.1, 0.15) is 19.3 Å². The van der Waals surface area contributed by atoms with Crippen molar-refractivity contribution in [3.63, 3.8) is 0 Å². The molecule has 57 valence electrons. The number of nitrogens with zero attached hydrogens (tertiary/aromatic N) is 1. The largest absolute Gasteiger partial charge is 0.303 e. The molecule has 0 aromatic rings. The van der Waals surface area contributed by atoms with E-state index in [1.807, 2.05) is 6.08 Å². The lowest BCUT2D eigenvalue weighted by Gasteiger charge is -2.12. The van der Waals surface area contributed by atoms with E-state index in [0.29, 0.717) is 0 Å². The monoisotopic (exact) mass is 138 g/mol. The minimum atomic E-state index is 1.16. The molecule has 0 aromatic carbocycles. The summed E-state index contributed by atoms with van der Waals surface area (Å²) in [4.78, 5) is 2.49. The van der Waals surface area contributed by atoms with Crippen molar-refractivity contribution in [1.29, 1.82) is 0 Å². The predicted octanol–water partition coefficient (Wildman–Crippen LogP) is 1.86. The van der Waals surface area contributed by atoms with Gasteiger partial charge in [0.2, 0.25) is 0 Å². The van der Waals surface area contributed by atoms with E-state index in [-0.39, 0.29) is 0 Å². The summed E-state index contributed by atoms with van der Waals surface area (Å²) >= 11 is 0. The number of allylic oxidation sites excluding steroid dienone is 1. The van der Waals surface area contributed by atoms with Crippen LogP contribution in [-0.4, -0.2) is 24.5 Å². The van der Waals surface area contributed by atoms with Gasteiger partial charge in [0.05, 0.1) is 0 Å². The minimum absolute atomic E-state index is 1.16. The van der Waals surface area contributed by atoms with Gasteiger partial charge in [-0.2, -0.15) is 0 Å². The maximum Gasteiger partial charge on any atom is 0.00133 e. The first-order chi connectivity index (χ1) is 4.93. The molecule has 0 amide bonds. The standard InChI is InChI=1S/C9H16N/c1-2-3-4-7-10-8-5-6-9-10/h2,5H,1,3-4,6-9H2. The molecule has 0 bridgehead atoms. The Hall–Kier alpha value is -0.300. The number of unbranched alkanes of at least 4 members (excludes halogenated alkanes) is 1. The molecule has 1 fully saturated rings. The quantitative estimate of drug-likeness (QED) is 0.423. The van der Waals surface area contributed by atoms with Gasteiger partial charge in [0.15, 0.2) is 0 Å². The minimum Gasteiger partial charge on any atom is -0.303 e. The summed E-state index contributed by atoms with van der Waals surface area (Å²) in [7, 11) is 0. The summed E-state index contributed by atoms with van der Waals surface area (Å²) in [5, 5.41) is 0. The second-order valence-corrected chi connectivity index (χ2v) is 2.81. The fraction of sp³-hybridized carbons (Fsp3) is 0.667. The summed E-state index contributed by atoms with van der Waals surface area (Å²) in [5.41, 5.74) is 0. The van der Waals surface area contributed by atoms with Crippen LogP contribution in [-0.2, 0) is 0 Å². The Labute approximate surface area is 63.7 Å². The van der Waals surface area contributed by atoms with Crippen LogP contribution in [0, 0.1) is 6.42 Å². The molecule has 0 unspecified atom stereocenters. The molecule has 1 heterocycles. The fourth-order valence-corrected chi connectivity index (χ4v) is 1.30. The lowest BCUT2D eigenvalue weighted by atomic mass is 10.3. The molecule has 1 nitrogen and oxygen atoms in total. The first-order valence-electron chi connectivity index (χ1n) is 4.08. The molecule has 1 heteroatoms. The van der Waals surface area contributed by atoms with Crippen molar-refractivity contribution in [2.45, 2.75) is 19.3 Å². The van der Waals surface area contributed by atoms with Crippen molar-refractivity contribution in [3.05, 3.63) is 19.1 Å². The molecule has 1 aliphatic heterocycles. The van der Waals surface area contributed by atoms with E-state index in [1.54, 1.807) is 0 Å². The fourth-order valence-electron chi connectivity index (χ4n) is 1.30. The number of hydrogen-bond donors (Lipinski definition) is 0. The van der Waals surface area contributed by atoms with Crippen molar-refractivity contribution in [1.82, 2.24) is 4.90 Å². The smallest absolute Gasteiger partial charge is 0.00133 e. The highest BCUT2D eigenvalue weighted by molar-refractivity contribution is 4.81. The second-order valence-electron chi connectivity index (χ2n) is 2.81. The molecule has 10 heavy (non-hydrogen) atoms. The molecule has 0 saturated carbocycles. The third-order valence-corrected chi connectivity index (χ3v) is 1.92. The van der Waals surface area contributed by atoms with E-state index in [0.717, 1.165) is 6.42 Å². The number of rotatable bonds is 4. The summed E-state index contributed by atoms with van der Waals surface area (Å²) in [6.45, 7) is 7.43. The van der Waals surface area contributed by atoms with Gasteiger partial charge in [-0.1, -0.05) is 6.08 Å². The number of hydrogen-bond acceptors (Lipinski definition) is 1. The SMILES string of the molecule is C=CCCCN1C[CH]CC1. The summed E-state index contributed by atoms with van der Waals surface area (Å²) in [5.74, 6) is 0. The van der Waals surface area contributed by atoms with Gasteiger partial charge in [0.25, 0.3) is 0 Å². The molecule has 1 radical (unpaired) electrons. The average molecular weight is 138 g/mol. The molecule has 0 aliphatic carbocycles. The van der Waals surface area contributed by atoms with Gasteiger partial charge in [0, 0.05) is 6.54 Å². The van der Waals surface area contributed by atoms with Crippen LogP contribution in [0.2, 0.25) is 0 Å². The van der Waals surface area contributed by atoms with Gasteiger partial charge in [-0.25, -0.2) is 0 Å². The van der Waals surface area contributed by atoms with E-state index in [9.17, 15) is 0 Å². The van der Waals surface area contributed by atoms with Crippen molar-refractivity contribution in [2.75, 3.05) is 19.6 Å². The zero-order valence-electron chi connectivity index (χ0n) is 6.55. The van der Waals surface area contributed by atoms with Gasteiger partial charge in [-0.15, -0.1) is 6.58 Å². The Morgan fingerprint density at radius 1 is 1.60 bits per heavy atom. The molecular formula is C9H16N. The highest BCUT2D eigenvalue weighted by Crippen LogP contribution is 2.06. The van der Waals surface area contributed by atoms with Crippen LogP contribution in [0.15, 0.2) is 12.7 Å². The number of likely N-dealkylation sites (tertiary alicyclic amines) is 1. The molecule has 0 atom stereocenters. The van der Waals surface area contributed by atoms with Crippen LogP contribution in [0.5, 0.6) is 0 Å². The van der Waals surface area contributed by atoms with Crippen molar-refractivity contribution in [2.24, 2.45) is 0 Å². The van der Waals surface area contributed by atoms with Crippen LogP contribution in [0.25, 0.3) is 0 Å². The van der Waals surface area contributed by atoms with E-state index in [2.05, 4.69) is 17.9 Å². The zero-order chi connectivity index (χ0) is 7.23. The van der Waals surface area contributed by atoms with Gasteiger partial charge in [0.1, 0.15) is 0 Å². The molecule has 0 aromatic heterocycles. The summed E-state index contributed by atoms with van der Waals surface area (Å²) in [6.07, 6.45) is 8.08. The third-order valence-electron chi connectivity index (χ3n) is 1.92.